The molecule has 0 radical (unpaired) electrons. The van der Waals surface area contributed by atoms with Crippen LogP contribution in [0, 0.1) is 5.92 Å². The van der Waals surface area contributed by atoms with Crippen molar-refractivity contribution >= 4 is 21.5 Å². The van der Waals surface area contributed by atoms with E-state index in [1.54, 1.807) is 7.05 Å². The summed E-state index contributed by atoms with van der Waals surface area (Å²) >= 11 is 0. The van der Waals surface area contributed by atoms with Crippen molar-refractivity contribution in [2.75, 3.05) is 16.2 Å². The van der Waals surface area contributed by atoms with Crippen LogP contribution in [0.1, 0.15) is 20.3 Å². The van der Waals surface area contributed by atoms with Gasteiger partial charge in [-0.15, -0.1) is 0 Å². The van der Waals surface area contributed by atoms with E-state index in [1.807, 2.05) is 13.8 Å². The highest BCUT2D eigenvalue weighted by Gasteiger charge is 2.15. The van der Waals surface area contributed by atoms with E-state index in [-0.39, 0.29) is 5.75 Å². The summed E-state index contributed by atoms with van der Waals surface area (Å²) in [5.74, 6) is 0.763. The van der Waals surface area contributed by atoms with Gasteiger partial charge in [-0.05, 0) is 12.3 Å². The van der Waals surface area contributed by atoms with Gasteiger partial charge in [0.1, 0.15) is 0 Å². The van der Waals surface area contributed by atoms with E-state index in [2.05, 4.69) is 9.82 Å². The van der Waals surface area contributed by atoms with Crippen LogP contribution in [0.5, 0.6) is 0 Å². The number of sulfonamides is 1. The Hall–Kier alpha value is -1.24. The summed E-state index contributed by atoms with van der Waals surface area (Å²) in [6.07, 6.45) is 2.04. The fraction of sp³-hybridized carbons (Fsp3) is 0.667. The van der Waals surface area contributed by atoms with Gasteiger partial charge in [0.15, 0.2) is 5.82 Å². The molecule has 0 spiro atoms. The summed E-state index contributed by atoms with van der Waals surface area (Å²) in [4.78, 5) is 0. The third-order valence-electron chi connectivity index (χ3n) is 2.18. The number of anilines is 2. The molecule has 0 fully saturated rings. The third kappa shape index (κ3) is 3.41. The Bertz CT molecular complexity index is 431. The predicted octanol–water partition coefficient (Wildman–Crippen LogP) is 0.790. The number of nitrogens with two attached hydrogens (primary N) is 1. The number of aryl methyl sites for hydroxylation is 1. The second-order valence-corrected chi connectivity index (χ2v) is 6.02. The Morgan fingerprint density at radius 1 is 1.56 bits per heavy atom. The van der Waals surface area contributed by atoms with Gasteiger partial charge in [-0.3, -0.25) is 9.40 Å². The number of nitrogens with zero attached hydrogens (tertiary/aromatic N) is 2. The van der Waals surface area contributed by atoms with E-state index in [9.17, 15) is 8.42 Å². The zero-order chi connectivity index (χ0) is 12.3. The van der Waals surface area contributed by atoms with Crippen LogP contribution >= 0.6 is 0 Å². The molecule has 1 rings (SSSR count). The molecule has 0 aliphatic rings. The topological polar surface area (TPSA) is 90.0 Å². The van der Waals surface area contributed by atoms with Crippen molar-refractivity contribution in [3.05, 3.63) is 6.20 Å². The fourth-order valence-corrected chi connectivity index (χ4v) is 2.60. The molecule has 0 aliphatic carbocycles. The molecule has 92 valence electrons. The summed E-state index contributed by atoms with van der Waals surface area (Å²) in [6, 6.07) is 0. The molecule has 0 amide bonds. The third-order valence-corrected chi connectivity index (χ3v) is 3.46. The zero-order valence-electron chi connectivity index (χ0n) is 9.77. The first-order chi connectivity index (χ1) is 7.32. The molecule has 1 aromatic rings. The van der Waals surface area contributed by atoms with E-state index in [0.29, 0.717) is 23.8 Å². The quantitative estimate of drug-likeness (QED) is 0.803. The van der Waals surface area contributed by atoms with Gasteiger partial charge in [0.25, 0.3) is 0 Å². The predicted molar refractivity (Wildman–Crippen MR) is 64.5 cm³/mol. The lowest BCUT2D eigenvalue weighted by Gasteiger charge is -2.10. The first kappa shape index (κ1) is 12.8. The first-order valence-corrected chi connectivity index (χ1v) is 6.75. The molecule has 7 heteroatoms. The van der Waals surface area contributed by atoms with Gasteiger partial charge < -0.3 is 5.73 Å². The average molecular weight is 246 g/mol. The maximum Gasteiger partial charge on any atom is 0.233 e. The Kier molecular flexibility index (Phi) is 3.79. The number of hydrogen-bond donors (Lipinski definition) is 2. The normalized spacial score (nSPS) is 12.0. The molecule has 0 aliphatic heterocycles. The van der Waals surface area contributed by atoms with E-state index >= 15 is 0 Å². The van der Waals surface area contributed by atoms with Crippen LogP contribution in [-0.4, -0.2) is 24.0 Å². The molecule has 6 nitrogen and oxygen atoms in total. The van der Waals surface area contributed by atoms with E-state index in [4.69, 9.17) is 5.73 Å². The monoisotopic (exact) mass is 246 g/mol. The summed E-state index contributed by atoms with van der Waals surface area (Å²) < 4.78 is 27.2. The van der Waals surface area contributed by atoms with Gasteiger partial charge >= 0.3 is 0 Å². The minimum atomic E-state index is -3.34. The molecule has 0 saturated heterocycles. The SMILES string of the molecule is CC(C)CCS(=O)(=O)Nc1c(N)cnn1C. The molecule has 16 heavy (non-hydrogen) atoms. The molecule has 1 heterocycles. The van der Waals surface area contributed by atoms with Gasteiger partial charge in [0.2, 0.25) is 10.0 Å². The van der Waals surface area contributed by atoms with Gasteiger partial charge in [-0.2, -0.15) is 5.10 Å². The highest BCUT2D eigenvalue weighted by Crippen LogP contribution is 2.18. The van der Waals surface area contributed by atoms with Crippen LogP contribution in [0.4, 0.5) is 11.5 Å². The molecule has 0 aromatic carbocycles. The molecule has 0 atom stereocenters. The van der Waals surface area contributed by atoms with Crippen LogP contribution in [-0.2, 0) is 17.1 Å². The summed E-state index contributed by atoms with van der Waals surface area (Å²) in [5.41, 5.74) is 5.92. The first-order valence-electron chi connectivity index (χ1n) is 5.10. The van der Waals surface area contributed by atoms with Crippen LogP contribution in [0.2, 0.25) is 0 Å². The second-order valence-electron chi connectivity index (χ2n) is 4.18. The van der Waals surface area contributed by atoms with E-state index in [0.717, 1.165) is 0 Å². The van der Waals surface area contributed by atoms with Crippen molar-refractivity contribution in [2.24, 2.45) is 13.0 Å². The molecular weight excluding hydrogens is 228 g/mol. The highest BCUT2D eigenvalue weighted by molar-refractivity contribution is 7.92. The number of nitrogen functional groups attached to an aromatic ring is 1. The number of rotatable bonds is 5. The maximum absolute atomic E-state index is 11.7. The Morgan fingerprint density at radius 3 is 2.62 bits per heavy atom. The highest BCUT2D eigenvalue weighted by atomic mass is 32.2. The number of nitrogens with one attached hydrogen (secondary N) is 1. The lowest BCUT2D eigenvalue weighted by atomic mass is 10.2. The van der Waals surface area contributed by atoms with Gasteiger partial charge in [0.05, 0.1) is 17.6 Å². The van der Waals surface area contributed by atoms with Crippen LogP contribution in [0.3, 0.4) is 0 Å². The van der Waals surface area contributed by atoms with Gasteiger partial charge in [-0.25, -0.2) is 8.42 Å². The fourth-order valence-electron chi connectivity index (χ4n) is 1.17. The standard InChI is InChI=1S/C9H18N4O2S/c1-7(2)4-5-16(14,15)12-9-8(10)6-11-13(9)3/h6-7,12H,4-5,10H2,1-3H3. The Labute approximate surface area is 95.9 Å². The summed E-state index contributed by atoms with van der Waals surface area (Å²) in [7, 11) is -1.70. The summed E-state index contributed by atoms with van der Waals surface area (Å²) in [5, 5.41) is 3.86. The minimum absolute atomic E-state index is 0.0925. The van der Waals surface area contributed by atoms with Crippen molar-refractivity contribution in [1.29, 1.82) is 0 Å². The van der Waals surface area contributed by atoms with Gasteiger partial charge in [0, 0.05) is 7.05 Å². The smallest absolute Gasteiger partial charge is 0.233 e. The number of hydrogen-bond acceptors (Lipinski definition) is 4. The second kappa shape index (κ2) is 4.73. The molecule has 0 bridgehead atoms. The summed E-state index contributed by atoms with van der Waals surface area (Å²) in [6.45, 7) is 3.96. The molecular formula is C9H18N4O2S. The van der Waals surface area contributed by atoms with E-state index in [1.165, 1.54) is 10.9 Å². The lowest BCUT2D eigenvalue weighted by Crippen LogP contribution is -2.20. The molecule has 0 saturated carbocycles. The van der Waals surface area contributed by atoms with Gasteiger partial charge in [-0.1, -0.05) is 13.8 Å². The Morgan fingerprint density at radius 2 is 2.19 bits per heavy atom. The molecule has 3 N–H and O–H groups in total. The largest absolute Gasteiger partial charge is 0.394 e. The van der Waals surface area contributed by atoms with Crippen molar-refractivity contribution in [3.63, 3.8) is 0 Å². The lowest BCUT2D eigenvalue weighted by molar-refractivity contribution is 0.577. The van der Waals surface area contributed by atoms with Crippen LogP contribution in [0.15, 0.2) is 6.20 Å². The Balaban J connectivity index is 2.73. The van der Waals surface area contributed by atoms with Crippen molar-refractivity contribution in [3.8, 4) is 0 Å². The maximum atomic E-state index is 11.7. The minimum Gasteiger partial charge on any atom is -0.394 e. The van der Waals surface area contributed by atoms with Crippen molar-refractivity contribution in [1.82, 2.24) is 9.78 Å². The molecule has 0 unspecified atom stereocenters. The van der Waals surface area contributed by atoms with Crippen molar-refractivity contribution < 1.29 is 8.42 Å². The van der Waals surface area contributed by atoms with Crippen LogP contribution in [0.25, 0.3) is 0 Å². The zero-order valence-corrected chi connectivity index (χ0v) is 10.6. The van der Waals surface area contributed by atoms with Crippen LogP contribution < -0.4 is 10.5 Å². The number of aromatic nitrogens is 2. The van der Waals surface area contributed by atoms with E-state index < -0.39 is 10.0 Å². The molecule has 1 aromatic heterocycles. The van der Waals surface area contributed by atoms with Crippen molar-refractivity contribution in [2.45, 2.75) is 20.3 Å². The average Bonchev–Trinajstić information content (AvgIpc) is 2.46.